The number of ether oxygens (including phenoxy) is 1. The maximum atomic E-state index is 13.3. The molecule has 1 aromatic carbocycles. The molecule has 1 spiro atoms. The first-order valence-corrected chi connectivity index (χ1v) is 12.1. The SMILES string of the molecule is CC1(C)CC2(CCCN(C3CCN(C(=O)c4c(N)sc5ccccc45)CC3)C2)C(=O)O1.Cl. The van der Waals surface area contributed by atoms with Gasteiger partial charge in [0.1, 0.15) is 5.60 Å². The van der Waals surface area contributed by atoms with Crippen molar-refractivity contribution >= 4 is 50.7 Å². The summed E-state index contributed by atoms with van der Waals surface area (Å²) in [4.78, 5) is 30.4. The smallest absolute Gasteiger partial charge is 0.314 e. The van der Waals surface area contributed by atoms with Crippen molar-refractivity contribution in [1.82, 2.24) is 9.80 Å². The second-order valence-corrected chi connectivity index (χ2v) is 11.1. The second kappa shape index (κ2) is 8.50. The van der Waals surface area contributed by atoms with Gasteiger partial charge in [0.2, 0.25) is 0 Å². The number of halogens is 1. The molecule has 0 saturated carbocycles. The van der Waals surface area contributed by atoms with E-state index in [9.17, 15) is 9.59 Å². The summed E-state index contributed by atoms with van der Waals surface area (Å²) in [7, 11) is 0. The summed E-state index contributed by atoms with van der Waals surface area (Å²) >= 11 is 1.48. The number of amides is 1. The first kappa shape index (κ1) is 23.3. The lowest BCUT2D eigenvalue weighted by Crippen LogP contribution is -2.53. The highest BCUT2D eigenvalue weighted by atomic mass is 35.5. The molecule has 0 aliphatic carbocycles. The molecule has 6 nitrogen and oxygen atoms in total. The topological polar surface area (TPSA) is 75.9 Å². The van der Waals surface area contributed by atoms with Crippen molar-refractivity contribution in [2.24, 2.45) is 5.41 Å². The summed E-state index contributed by atoms with van der Waals surface area (Å²) in [6, 6.07) is 8.34. The van der Waals surface area contributed by atoms with Gasteiger partial charge in [0.25, 0.3) is 5.91 Å². The van der Waals surface area contributed by atoms with Crippen LogP contribution < -0.4 is 5.73 Å². The Labute approximate surface area is 199 Å². The average molecular weight is 478 g/mol. The Morgan fingerprint density at radius 3 is 2.59 bits per heavy atom. The van der Waals surface area contributed by atoms with E-state index < -0.39 is 0 Å². The van der Waals surface area contributed by atoms with Gasteiger partial charge in [-0.2, -0.15) is 0 Å². The molecule has 3 saturated heterocycles. The number of benzene rings is 1. The van der Waals surface area contributed by atoms with Gasteiger partial charge >= 0.3 is 5.97 Å². The average Bonchev–Trinajstić information content (AvgIpc) is 3.19. The van der Waals surface area contributed by atoms with Crippen molar-refractivity contribution in [2.45, 2.75) is 57.6 Å². The third-order valence-corrected chi connectivity index (χ3v) is 8.28. The number of nitrogens with zero attached hydrogens (tertiary/aromatic N) is 2. The van der Waals surface area contributed by atoms with E-state index in [1.54, 1.807) is 0 Å². The highest BCUT2D eigenvalue weighted by molar-refractivity contribution is 7.23. The van der Waals surface area contributed by atoms with Crippen LogP contribution in [0.1, 0.15) is 56.3 Å². The Bertz CT molecular complexity index is 1030. The minimum Gasteiger partial charge on any atom is -0.459 e. The van der Waals surface area contributed by atoms with E-state index in [-0.39, 0.29) is 35.3 Å². The summed E-state index contributed by atoms with van der Waals surface area (Å²) in [6.07, 6.45) is 4.62. The molecule has 2 aromatic rings. The van der Waals surface area contributed by atoms with E-state index in [0.717, 1.165) is 68.4 Å². The molecule has 0 bridgehead atoms. The number of anilines is 1. The number of cyclic esters (lactones) is 1. The molecule has 174 valence electrons. The summed E-state index contributed by atoms with van der Waals surface area (Å²) in [5, 5.41) is 1.56. The Kier molecular flexibility index (Phi) is 6.20. The van der Waals surface area contributed by atoms with Crippen LogP contribution in [0.25, 0.3) is 10.1 Å². The molecule has 0 radical (unpaired) electrons. The lowest BCUT2D eigenvalue weighted by atomic mass is 9.74. The Balaban J connectivity index is 0.00000245. The molecule has 1 unspecified atom stereocenters. The molecule has 3 aliphatic heterocycles. The van der Waals surface area contributed by atoms with E-state index in [4.69, 9.17) is 10.5 Å². The monoisotopic (exact) mass is 477 g/mol. The number of nitrogens with two attached hydrogens (primary N) is 1. The van der Waals surface area contributed by atoms with E-state index in [1.165, 1.54) is 11.3 Å². The van der Waals surface area contributed by atoms with Crippen molar-refractivity contribution in [3.63, 3.8) is 0 Å². The third-order valence-electron chi connectivity index (χ3n) is 7.28. The van der Waals surface area contributed by atoms with Crippen molar-refractivity contribution in [3.05, 3.63) is 29.8 Å². The maximum Gasteiger partial charge on any atom is 0.314 e. The predicted octanol–water partition coefficient (Wildman–Crippen LogP) is 4.32. The van der Waals surface area contributed by atoms with E-state index in [0.29, 0.717) is 16.6 Å². The second-order valence-electron chi connectivity index (χ2n) is 10.0. The normalized spacial score (nSPS) is 26.3. The Morgan fingerprint density at radius 2 is 1.91 bits per heavy atom. The zero-order chi connectivity index (χ0) is 21.8. The van der Waals surface area contributed by atoms with E-state index in [2.05, 4.69) is 4.90 Å². The van der Waals surface area contributed by atoms with Crippen molar-refractivity contribution in [3.8, 4) is 0 Å². The van der Waals surface area contributed by atoms with Crippen molar-refractivity contribution in [2.75, 3.05) is 31.9 Å². The molecule has 3 fully saturated rings. The highest BCUT2D eigenvalue weighted by Crippen LogP contribution is 2.46. The number of carbonyl (C=O) groups excluding carboxylic acids is 2. The van der Waals surface area contributed by atoms with Gasteiger partial charge in [-0.1, -0.05) is 18.2 Å². The highest BCUT2D eigenvalue weighted by Gasteiger charge is 2.54. The minimum absolute atomic E-state index is 0. The molecule has 2 N–H and O–H groups in total. The molecule has 1 amide bonds. The number of hydrogen-bond acceptors (Lipinski definition) is 6. The fourth-order valence-electron chi connectivity index (χ4n) is 5.95. The van der Waals surface area contributed by atoms with Gasteiger partial charge in [-0.25, -0.2) is 0 Å². The van der Waals surface area contributed by atoms with Crippen molar-refractivity contribution < 1.29 is 14.3 Å². The lowest BCUT2D eigenvalue weighted by Gasteiger charge is -2.44. The van der Waals surface area contributed by atoms with Crippen LogP contribution in [0.15, 0.2) is 24.3 Å². The lowest BCUT2D eigenvalue weighted by molar-refractivity contribution is -0.154. The minimum atomic E-state index is -0.362. The van der Waals surface area contributed by atoms with Crippen LogP contribution in [0.4, 0.5) is 5.00 Å². The standard InChI is InChI=1S/C24H31N3O3S.ClH/c1-23(2)14-24(22(29)30-23)10-5-11-27(15-24)16-8-12-26(13-9-16)21(28)19-17-6-3-4-7-18(17)31-20(19)25;/h3-4,6-7,16H,5,8-15,25H2,1-2H3;1H. The number of likely N-dealkylation sites (tertiary alicyclic amines) is 2. The fourth-order valence-corrected chi connectivity index (χ4v) is 6.91. The van der Waals surface area contributed by atoms with Gasteiger partial charge in [-0.3, -0.25) is 14.5 Å². The Morgan fingerprint density at radius 1 is 1.19 bits per heavy atom. The van der Waals surface area contributed by atoms with Crippen LogP contribution in [-0.4, -0.2) is 59.5 Å². The molecule has 1 atom stereocenters. The van der Waals surface area contributed by atoms with Crippen LogP contribution in [0.3, 0.4) is 0 Å². The van der Waals surface area contributed by atoms with Gasteiger partial charge in [0.05, 0.1) is 16.0 Å². The summed E-state index contributed by atoms with van der Waals surface area (Å²) in [5.74, 6) is 0.0271. The summed E-state index contributed by atoms with van der Waals surface area (Å²) in [6.45, 7) is 7.30. The van der Waals surface area contributed by atoms with Gasteiger partial charge in [0, 0.05) is 42.2 Å². The molecule has 3 aliphatic rings. The molecule has 8 heteroatoms. The molecule has 1 aromatic heterocycles. The zero-order valence-electron chi connectivity index (χ0n) is 18.8. The first-order chi connectivity index (χ1) is 14.8. The quantitative estimate of drug-likeness (QED) is 0.652. The molecular formula is C24H32ClN3O3S. The number of nitrogen functional groups attached to an aromatic ring is 1. The number of piperidine rings is 2. The largest absolute Gasteiger partial charge is 0.459 e. The zero-order valence-corrected chi connectivity index (χ0v) is 20.4. The number of fused-ring (bicyclic) bond motifs is 1. The van der Waals surface area contributed by atoms with Gasteiger partial charge < -0.3 is 15.4 Å². The maximum absolute atomic E-state index is 13.3. The predicted molar refractivity (Wildman–Crippen MR) is 130 cm³/mol. The van der Waals surface area contributed by atoms with Crippen molar-refractivity contribution in [1.29, 1.82) is 0 Å². The first-order valence-electron chi connectivity index (χ1n) is 11.3. The van der Waals surface area contributed by atoms with Crippen LogP contribution in [0.5, 0.6) is 0 Å². The summed E-state index contributed by atoms with van der Waals surface area (Å²) in [5.41, 5.74) is 6.17. The fraction of sp³-hybridized carbons (Fsp3) is 0.583. The van der Waals surface area contributed by atoms with Crippen LogP contribution in [0.2, 0.25) is 0 Å². The molecule has 32 heavy (non-hydrogen) atoms. The van der Waals surface area contributed by atoms with Gasteiger partial charge in [-0.05, 0) is 52.1 Å². The number of hydrogen-bond donors (Lipinski definition) is 1. The van der Waals surface area contributed by atoms with E-state index >= 15 is 0 Å². The van der Waals surface area contributed by atoms with Crippen LogP contribution in [0, 0.1) is 5.41 Å². The van der Waals surface area contributed by atoms with Gasteiger partial charge in [-0.15, -0.1) is 23.7 Å². The molecular weight excluding hydrogens is 446 g/mol. The molecule has 5 rings (SSSR count). The number of carbonyl (C=O) groups is 2. The van der Waals surface area contributed by atoms with E-state index in [1.807, 2.05) is 43.0 Å². The number of esters is 1. The van der Waals surface area contributed by atoms with Crippen LogP contribution >= 0.6 is 23.7 Å². The summed E-state index contributed by atoms with van der Waals surface area (Å²) < 4.78 is 6.74. The van der Waals surface area contributed by atoms with Gasteiger partial charge in [0.15, 0.2) is 0 Å². The number of thiophene rings is 1. The number of rotatable bonds is 2. The van der Waals surface area contributed by atoms with Crippen LogP contribution in [-0.2, 0) is 9.53 Å². The Hall–Kier alpha value is -1.83. The third kappa shape index (κ3) is 3.99. The molecule has 4 heterocycles.